The van der Waals surface area contributed by atoms with Gasteiger partial charge in [0.2, 0.25) is 10.0 Å². The molecule has 0 aliphatic heterocycles. The molecule has 0 aliphatic rings. The van der Waals surface area contributed by atoms with Crippen LogP contribution >= 0.6 is 15.9 Å². The van der Waals surface area contributed by atoms with Crippen molar-refractivity contribution in [3.05, 3.63) is 28.5 Å². The van der Waals surface area contributed by atoms with Gasteiger partial charge in [-0.3, -0.25) is 0 Å². The van der Waals surface area contributed by atoms with E-state index in [1.165, 1.54) is 12.1 Å². The largest absolute Gasteiger partial charge is 0.243 e. The van der Waals surface area contributed by atoms with Crippen LogP contribution in [-0.2, 0) is 10.0 Å². The van der Waals surface area contributed by atoms with Crippen molar-refractivity contribution in [3.63, 3.8) is 0 Å². The van der Waals surface area contributed by atoms with Crippen molar-refractivity contribution in [2.45, 2.75) is 17.7 Å². The van der Waals surface area contributed by atoms with Gasteiger partial charge >= 0.3 is 0 Å². The molecule has 92 valence electrons. The maximum Gasteiger partial charge on any atom is 0.243 e. The molecule has 0 aromatic heterocycles. The summed E-state index contributed by atoms with van der Waals surface area (Å²) in [5.41, 5.74) is 0. The first kappa shape index (κ1) is 14.2. The molecule has 0 saturated carbocycles. The quantitative estimate of drug-likeness (QED) is 0.668. The van der Waals surface area contributed by atoms with Gasteiger partial charge in [-0.1, -0.05) is 15.9 Å². The van der Waals surface area contributed by atoms with Gasteiger partial charge in [0.05, 0.1) is 0 Å². The van der Waals surface area contributed by atoms with Crippen LogP contribution in [-0.4, -0.2) is 15.0 Å². The zero-order chi connectivity index (χ0) is 12.9. The van der Waals surface area contributed by atoms with E-state index in [0.717, 1.165) is 6.07 Å². The number of nitrogens with one attached hydrogen (secondary N) is 1. The van der Waals surface area contributed by atoms with Gasteiger partial charge in [-0.25, -0.2) is 17.5 Å². The van der Waals surface area contributed by atoms with E-state index in [9.17, 15) is 12.8 Å². The fraction of sp³-hybridized carbons (Fsp3) is 0.273. The predicted molar refractivity (Wildman–Crippen MR) is 67.4 cm³/mol. The minimum Gasteiger partial charge on any atom is -0.211 e. The summed E-state index contributed by atoms with van der Waals surface area (Å²) in [5.74, 6) is 1.61. The van der Waals surface area contributed by atoms with Crippen LogP contribution in [0.25, 0.3) is 0 Å². The normalized spacial score (nSPS) is 11.1. The second-order valence-corrected chi connectivity index (χ2v) is 5.93. The zero-order valence-corrected chi connectivity index (χ0v) is 11.3. The summed E-state index contributed by atoms with van der Waals surface area (Å²) >= 11 is 3.06. The molecule has 1 aromatic rings. The standard InChI is InChI=1S/C11H11BrFNO2S/c1-2-3-4-7-14-17(15,16)11-6-5-9(12)8-10(11)13/h1,5-6,8,14H,3-4,7H2. The summed E-state index contributed by atoms with van der Waals surface area (Å²) in [5, 5.41) is 0. The third-order valence-corrected chi connectivity index (χ3v) is 3.96. The van der Waals surface area contributed by atoms with Gasteiger partial charge in [0, 0.05) is 17.4 Å². The molecule has 0 fully saturated rings. The van der Waals surface area contributed by atoms with Crippen molar-refractivity contribution in [3.8, 4) is 12.3 Å². The Morgan fingerprint density at radius 3 is 2.76 bits per heavy atom. The molecule has 0 radical (unpaired) electrons. The lowest BCUT2D eigenvalue weighted by molar-refractivity contribution is 0.555. The van der Waals surface area contributed by atoms with Crippen molar-refractivity contribution >= 4 is 26.0 Å². The molecular weight excluding hydrogens is 309 g/mol. The SMILES string of the molecule is C#CCCCNS(=O)(=O)c1ccc(Br)cc1F. The van der Waals surface area contributed by atoms with E-state index in [4.69, 9.17) is 6.42 Å². The van der Waals surface area contributed by atoms with Crippen molar-refractivity contribution in [2.75, 3.05) is 6.54 Å². The Kier molecular flexibility index (Phi) is 5.12. The second-order valence-electron chi connectivity index (χ2n) is 3.28. The van der Waals surface area contributed by atoms with Gasteiger partial charge < -0.3 is 0 Å². The third-order valence-electron chi connectivity index (χ3n) is 1.97. The Bertz CT molecular complexity index is 537. The van der Waals surface area contributed by atoms with Crippen molar-refractivity contribution in [2.24, 2.45) is 0 Å². The molecule has 0 atom stereocenters. The van der Waals surface area contributed by atoms with Crippen LogP contribution in [0.4, 0.5) is 4.39 Å². The van der Waals surface area contributed by atoms with Gasteiger partial charge in [-0.05, 0) is 24.6 Å². The average Bonchev–Trinajstić information content (AvgIpc) is 2.24. The van der Waals surface area contributed by atoms with Crippen LogP contribution in [0.3, 0.4) is 0 Å². The summed E-state index contributed by atoms with van der Waals surface area (Å²) in [7, 11) is -3.80. The average molecular weight is 320 g/mol. The van der Waals surface area contributed by atoms with Gasteiger partial charge in [-0.2, -0.15) is 0 Å². The van der Waals surface area contributed by atoms with Crippen LogP contribution in [0.5, 0.6) is 0 Å². The van der Waals surface area contributed by atoms with Crippen LogP contribution in [0.2, 0.25) is 0 Å². The molecule has 3 nitrogen and oxygen atoms in total. The smallest absolute Gasteiger partial charge is 0.211 e. The Labute approximate surface area is 109 Å². The Morgan fingerprint density at radius 1 is 1.47 bits per heavy atom. The molecular formula is C11H11BrFNO2S. The molecule has 1 aromatic carbocycles. The monoisotopic (exact) mass is 319 g/mol. The molecule has 17 heavy (non-hydrogen) atoms. The highest BCUT2D eigenvalue weighted by molar-refractivity contribution is 9.10. The van der Waals surface area contributed by atoms with E-state index < -0.39 is 15.8 Å². The minimum atomic E-state index is -3.80. The first-order valence-corrected chi connectivity index (χ1v) is 7.13. The molecule has 0 amide bonds. The van der Waals surface area contributed by atoms with E-state index in [1.54, 1.807) is 0 Å². The maximum absolute atomic E-state index is 13.4. The zero-order valence-electron chi connectivity index (χ0n) is 8.91. The van der Waals surface area contributed by atoms with E-state index in [-0.39, 0.29) is 11.4 Å². The molecule has 0 heterocycles. The molecule has 0 spiro atoms. The van der Waals surface area contributed by atoms with Crippen molar-refractivity contribution in [1.29, 1.82) is 0 Å². The summed E-state index contributed by atoms with van der Waals surface area (Å²) in [6, 6.07) is 3.79. The minimum absolute atomic E-state index is 0.196. The number of unbranched alkanes of at least 4 members (excludes halogenated alkanes) is 1. The van der Waals surface area contributed by atoms with Crippen molar-refractivity contribution < 1.29 is 12.8 Å². The number of halogens is 2. The van der Waals surface area contributed by atoms with Crippen LogP contribution in [0.1, 0.15) is 12.8 Å². The number of hydrogen-bond acceptors (Lipinski definition) is 2. The maximum atomic E-state index is 13.4. The molecule has 0 aliphatic carbocycles. The number of rotatable bonds is 5. The number of benzene rings is 1. The molecule has 0 saturated heterocycles. The summed E-state index contributed by atoms with van der Waals surface area (Å²) < 4.78 is 39.6. The van der Waals surface area contributed by atoms with Gasteiger partial charge in [0.1, 0.15) is 10.7 Å². The van der Waals surface area contributed by atoms with E-state index >= 15 is 0 Å². The number of hydrogen-bond donors (Lipinski definition) is 1. The number of terminal acetylenes is 1. The summed E-state index contributed by atoms with van der Waals surface area (Å²) in [6.45, 7) is 0.196. The van der Waals surface area contributed by atoms with Crippen LogP contribution in [0.15, 0.2) is 27.6 Å². The Hall–Kier alpha value is -0.900. The Balaban J connectivity index is 2.80. The lowest BCUT2D eigenvalue weighted by atomic mass is 10.3. The van der Waals surface area contributed by atoms with Crippen LogP contribution in [0, 0.1) is 18.2 Å². The van der Waals surface area contributed by atoms with Crippen LogP contribution < -0.4 is 4.72 Å². The van der Waals surface area contributed by atoms with E-state index in [2.05, 4.69) is 26.6 Å². The molecule has 0 bridgehead atoms. The first-order valence-electron chi connectivity index (χ1n) is 4.85. The summed E-state index contributed by atoms with van der Waals surface area (Å²) in [4.78, 5) is -0.360. The van der Waals surface area contributed by atoms with E-state index in [0.29, 0.717) is 17.3 Å². The number of sulfonamides is 1. The highest BCUT2D eigenvalue weighted by Gasteiger charge is 2.18. The Morgan fingerprint density at radius 2 is 2.18 bits per heavy atom. The topological polar surface area (TPSA) is 46.2 Å². The molecule has 0 unspecified atom stereocenters. The van der Waals surface area contributed by atoms with Gasteiger partial charge in [0.15, 0.2) is 0 Å². The van der Waals surface area contributed by atoms with Crippen molar-refractivity contribution in [1.82, 2.24) is 4.72 Å². The molecule has 1 rings (SSSR count). The highest BCUT2D eigenvalue weighted by atomic mass is 79.9. The van der Waals surface area contributed by atoms with Gasteiger partial charge in [0.25, 0.3) is 0 Å². The molecule has 6 heteroatoms. The molecule has 1 N–H and O–H groups in total. The van der Waals surface area contributed by atoms with Gasteiger partial charge in [-0.15, -0.1) is 12.3 Å². The fourth-order valence-electron chi connectivity index (χ4n) is 1.17. The lowest BCUT2D eigenvalue weighted by Crippen LogP contribution is -2.25. The summed E-state index contributed by atoms with van der Waals surface area (Å²) in [6.07, 6.45) is 6.04. The predicted octanol–water partition coefficient (Wildman–Crippen LogP) is 2.28. The second kappa shape index (κ2) is 6.15. The highest BCUT2D eigenvalue weighted by Crippen LogP contribution is 2.19. The first-order chi connectivity index (χ1) is 7.97. The fourth-order valence-corrected chi connectivity index (χ4v) is 2.63. The lowest BCUT2D eigenvalue weighted by Gasteiger charge is -2.07. The van der Waals surface area contributed by atoms with E-state index in [1.807, 2.05) is 0 Å². The third kappa shape index (κ3) is 4.11.